The van der Waals surface area contributed by atoms with Crippen molar-refractivity contribution in [1.29, 1.82) is 0 Å². The summed E-state index contributed by atoms with van der Waals surface area (Å²) >= 11 is 0. The topological polar surface area (TPSA) is 59.0 Å². The van der Waals surface area contributed by atoms with E-state index in [2.05, 4.69) is 9.99 Å². The lowest BCUT2D eigenvalue weighted by molar-refractivity contribution is -0.141. The van der Waals surface area contributed by atoms with Crippen LogP contribution < -0.4 is 4.90 Å². The fourth-order valence-electron chi connectivity index (χ4n) is 2.81. The summed E-state index contributed by atoms with van der Waals surface area (Å²) in [4.78, 5) is 29.7. The van der Waals surface area contributed by atoms with Crippen LogP contribution in [0.2, 0.25) is 0 Å². The normalized spacial score (nSPS) is 15.2. The van der Waals surface area contributed by atoms with Crippen molar-refractivity contribution in [1.82, 2.24) is 0 Å². The number of rotatable bonds is 3. The van der Waals surface area contributed by atoms with Crippen molar-refractivity contribution in [3.05, 3.63) is 64.7 Å². The molecule has 0 bridgehead atoms. The molecule has 0 saturated carbocycles. The fraction of sp³-hybridized carbons (Fsp3) is 0.211. The van der Waals surface area contributed by atoms with E-state index in [1.165, 1.54) is 17.0 Å². The predicted molar refractivity (Wildman–Crippen MR) is 92.1 cm³/mol. The van der Waals surface area contributed by atoms with Crippen LogP contribution in [0.4, 0.5) is 18.9 Å². The van der Waals surface area contributed by atoms with Gasteiger partial charge in [-0.15, -0.1) is 0 Å². The molecule has 1 heterocycles. The molecule has 0 atom stereocenters. The Kier molecular flexibility index (Phi) is 4.73. The Bertz CT molecular complexity index is 951. The highest BCUT2D eigenvalue weighted by molar-refractivity contribution is 6.54. The van der Waals surface area contributed by atoms with Crippen LogP contribution in [-0.4, -0.2) is 17.6 Å². The standard InChI is InChI=1S/C19H15F3N2O3/c1-11-6-7-16-15(8-11)17(23-27-12(2)25)18(26)24(16)10-13-4-3-5-14(9-13)19(20,21)22/h3-9H,10H2,1-2H3/b23-17+. The van der Waals surface area contributed by atoms with E-state index in [9.17, 15) is 22.8 Å². The first-order valence-electron chi connectivity index (χ1n) is 8.01. The van der Waals surface area contributed by atoms with Crippen molar-refractivity contribution in [2.75, 3.05) is 4.90 Å². The molecule has 3 rings (SSSR count). The van der Waals surface area contributed by atoms with Crippen molar-refractivity contribution in [2.45, 2.75) is 26.6 Å². The summed E-state index contributed by atoms with van der Waals surface area (Å²) in [5.74, 6) is -1.23. The molecule has 0 unspecified atom stereocenters. The molecule has 0 spiro atoms. The predicted octanol–water partition coefficient (Wildman–Crippen LogP) is 3.83. The zero-order valence-corrected chi connectivity index (χ0v) is 14.5. The summed E-state index contributed by atoms with van der Waals surface area (Å²) in [6, 6.07) is 9.96. The summed E-state index contributed by atoms with van der Waals surface area (Å²) in [6.07, 6.45) is -4.47. The van der Waals surface area contributed by atoms with E-state index in [1.807, 2.05) is 6.92 Å². The fourth-order valence-corrected chi connectivity index (χ4v) is 2.81. The van der Waals surface area contributed by atoms with Crippen molar-refractivity contribution >= 4 is 23.3 Å². The monoisotopic (exact) mass is 376 g/mol. The van der Waals surface area contributed by atoms with Crippen LogP contribution in [0.5, 0.6) is 0 Å². The molecule has 140 valence electrons. The average molecular weight is 376 g/mol. The largest absolute Gasteiger partial charge is 0.416 e. The highest BCUT2D eigenvalue weighted by atomic mass is 19.4. The second-order valence-corrected chi connectivity index (χ2v) is 6.13. The van der Waals surface area contributed by atoms with Crippen molar-refractivity contribution < 1.29 is 27.6 Å². The Morgan fingerprint density at radius 3 is 2.59 bits per heavy atom. The molecule has 0 N–H and O–H groups in total. The molecule has 0 saturated heterocycles. The van der Waals surface area contributed by atoms with Gasteiger partial charge in [0.05, 0.1) is 17.8 Å². The maximum absolute atomic E-state index is 12.9. The lowest BCUT2D eigenvalue weighted by Crippen LogP contribution is -2.30. The Labute approximate surface area is 153 Å². The average Bonchev–Trinajstić information content (AvgIpc) is 2.83. The molecule has 2 aromatic rings. The van der Waals surface area contributed by atoms with E-state index in [-0.39, 0.29) is 12.3 Å². The minimum atomic E-state index is -4.47. The van der Waals surface area contributed by atoms with Gasteiger partial charge in [-0.05, 0) is 36.8 Å². The van der Waals surface area contributed by atoms with Crippen LogP contribution in [0.15, 0.2) is 47.6 Å². The van der Waals surface area contributed by atoms with Gasteiger partial charge < -0.3 is 9.74 Å². The maximum Gasteiger partial charge on any atom is 0.416 e. The van der Waals surface area contributed by atoms with E-state index < -0.39 is 23.6 Å². The first-order valence-corrected chi connectivity index (χ1v) is 8.01. The van der Waals surface area contributed by atoms with Gasteiger partial charge in [0.25, 0.3) is 5.91 Å². The van der Waals surface area contributed by atoms with Crippen molar-refractivity contribution in [2.24, 2.45) is 5.16 Å². The molecule has 0 fully saturated rings. The number of nitrogens with zero attached hydrogens (tertiary/aromatic N) is 2. The lowest BCUT2D eigenvalue weighted by atomic mass is 10.1. The molecule has 0 radical (unpaired) electrons. The third kappa shape index (κ3) is 3.84. The second kappa shape index (κ2) is 6.86. The Morgan fingerprint density at radius 2 is 1.93 bits per heavy atom. The zero-order chi connectivity index (χ0) is 19.8. The quantitative estimate of drug-likeness (QED) is 0.604. The van der Waals surface area contributed by atoms with Gasteiger partial charge >= 0.3 is 12.1 Å². The molecular weight excluding hydrogens is 361 g/mol. The van der Waals surface area contributed by atoms with E-state index in [4.69, 9.17) is 0 Å². The van der Waals surface area contributed by atoms with Crippen LogP contribution in [-0.2, 0) is 27.1 Å². The maximum atomic E-state index is 12.9. The molecule has 8 heteroatoms. The highest BCUT2D eigenvalue weighted by Crippen LogP contribution is 2.33. The Morgan fingerprint density at radius 1 is 1.19 bits per heavy atom. The molecule has 2 aromatic carbocycles. The number of hydrogen-bond acceptors (Lipinski definition) is 4. The number of benzene rings is 2. The molecule has 0 aliphatic carbocycles. The van der Waals surface area contributed by atoms with Crippen LogP contribution in [0.1, 0.15) is 29.2 Å². The number of aryl methyl sites for hydroxylation is 1. The Hall–Kier alpha value is -3.16. The van der Waals surface area contributed by atoms with E-state index in [1.54, 1.807) is 18.2 Å². The molecule has 1 amide bonds. The van der Waals surface area contributed by atoms with Gasteiger partial charge in [-0.2, -0.15) is 13.2 Å². The number of alkyl halides is 3. The van der Waals surface area contributed by atoms with Crippen LogP contribution in [0.25, 0.3) is 0 Å². The number of amides is 1. The van der Waals surface area contributed by atoms with Gasteiger partial charge in [-0.3, -0.25) is 4.79 Å². The number of fused-ring (bicyclic) bond motifs is 1. The third-order valence-electron chi connectivity index (χ3n) is 4.01. The lowest BCUT2D eigenvalue weighted by Gasteiger charge is -2.18. The molecule has 5 nitrogen and oxygen atoms in total. The molecular formula is C19H15F3N2O3. The van der Waals surface area contributed by atoms with Crippen molar-refractivity contribution in [3.63, 3.8) is 0 Å². The minimum absolute atomic E-state index is 0.0594. The SMILES string of the molecule is CC(=O)O/N=C1/C(=O)N(Cc2cccc(C(F)(F)F)c2)c2ccc(C)cc21. The number of oxime groups is 1. The molecule has 27 heavy (non-hydrogen) atoms. The summed E-state index contributed by atoms with van der Waals surface area (Å²) in [5.41, 5.74) is 1.29. The van der Waals surface area contributed by atoms with Gasteiger partial charge in [0.2, 0.25) is 0 Å². The van der Waals surface area contributed by atoms with E-state index in [0.717, 1.165) is 24.6 Å². The summed E-state index contributed by atoms with van der Waals surface area (Å²) < 4.78 is 38.8. The number of anilines is 1. The number of carbonyl (C=O) groups is 2. The summed E-state index contributed by atoms with van der Waals surface area (Å²) in [5, 5.41) is 3.63. The molecule has 0 aromatic heterocycles. The third-order valence-corrected chi connectivity index (χ3v) is 4.01. The van der Waals surface area contributed by atoms with Gasteiger partial charge in [-0.1, -0.05) is 28.9 Å². The summed E-state index contributed by atoms with van der Waals surface area (Å²) in [7, 11) is 0. The highest BCUT2D eigenvalue weighted by Gasteiger charge is 2.36. The smallest absolute Gasteiger partial charge is 0.318 e. The van der Waals surface area contributed by atoms with Crippen LogP contribution in [0, 0.1) is 6.92 Å². The van der Waals surface area contributed by atoms with Gasteiger partial charge in [0, 0.05) is 12.5 Å². The minimum Gasteiger partial charge on any atom is -0.318 e. The first kappa shape index (κ1) is 18.6. The van der Waals surface area contributed by atoms with Gasteiger partial charge in [-0.25, -0.2) is 4.79 Å². The van der Waals surface area contributed by atoms with E-state index >= 15 is 0 Å². The number of halogens is 3. The van der Waals surface area contributed by atoms with Crippen molar-refractivity contribution in [3.8, 4) is 0 Å². The van der Waals surface area contributed by atoms with Gasteiger partial charge in [0.15, 0.2) is 5.71 Å². The zero-order valence-electron chi connectivity index (χ0n) is 14.5. The van der Waals surface area contributed by atoms with E-state index in [0.29, 0.717) is 16.8 Å². The summed E-state index contributed by atoms with van der Waals surface area (Å²) in [6.45, 7) is 2.91. The molecule has 1 aliphatic rings. The van der Waals surface area contributed by atoms with Crippen LogP contribution >= 0.6 is 0 Å². The molecule has 1 aliphatic heterocycles. The first-order chi connectivity index (χ1) is 12.7. The van der Waals surface area contributed by atoms with Crippen LogP contribution in [0.3, 0.4) is 0 Å². The second-order valence-electron chi connectivity index (χ2n) is 6.13. The number of hydrogen-bond donors (Lipinski definition) is 0. The Balaban J connectivity index is 1.99. The number of carbonyl (C=O) groups excluding carboxylic acids is 2. The van der Waals surface area contributed by atoms with Gasteiger partial charge in [0.1, 0.15) is 0 Å².